The average Bonchev–Trinajstić information content (AvgIpc) is 2.74. The highest BCUT2D eigenvalue weighted by atomic mass is 16.5. The SMILES string of the molecule is CN(CCCNC(=O)CCCOc1ccc2c(c1)CCC(=O)N2)C1CCCCC1. The summed E-state index contributed by atoms with van der Waals surface area (Å²) in [4.78, 5) is 25.9. The molecule has 0 unspecified atom stereocenters. The van der Waals surface area contributed by atoms with Gasteiger partial charge in [0.15, 0.2) is 0 Å². The molecule has 3 rings (SSSR count). The molecule has 6 heteroatoms. The Hall–Kier alpha value is -2.08. The van der Waals surface area contributed by atoms with E-state index >= 15 is 0 Å². The highest BCUT2D eigenvalue weighted by Crippen LogP contribution is 2.27. The molecule has 29 heavy (non-hydrogen) atoms. The van der Waals surface area contributed by atoms with Crippen molar-refractivity contribution in [1.82, 2.24) is 10.2 Å². The van der Waals surface area contributed by atoms with Crippen LogP contribution in [0.3, 0.4) is 0 Å². The van der Waals surface area contributed by atoms with Gasteiger partial charge in [0.05, 0.1) is 6.61 Å². The van der Waals surface area contributed by atoms with E-state index in [2.05, 4.69) is 22.6 Å². The first-order valence-electron chi connectivity index (χ1n) is 11.1. The average molecular weight is 402 g/mol. The lowest BCUT2D eigenvalue weighted by molar-refractivity contribution is -0.121. The highest BCUT2D eigenvalue weighted by Gasteiger charge is 2.17. The summed E-state index contributed by atoms with van der Waals surface area (Å²) in [6.45, 7) is 2.31. The highest BCUT2D eigenvalue weighted by molar-refractivity contribution is 5.94. The summed E-state index contributed by atoms with van der Waals surface area (Å²) in [5, 5.41) is 5.89. The first-order valence-corrected chi connectivity index (χ1v) is 11.1. The van der Waals surface area contributed by atoms with Crippen LogP contribution in [0.1, 0.15) is 63.4 Å². The fraction of sp³-hybridized carbons (Fsp3) is 0.652. The van der Waals surface area contributed by atoms with Gasteiger partial charge in [-0.25, -0.2) is 0 Å². The number of hydrogen-bond donors (Lipinski definition) is 2. The maximum absolute atomic E-state index is 12.0. The lowest BCUT2D eigenvalue weighted by atomic mass is 9.94. The molecule has 1 saturated carbocycles. The van der Waals surface area contributed by atoms with Crippen LogP contribution in [0, 0.1) is 0 Å². The lowest BCUT2D eigenvalue weighted by Gasteiger charge is -2.31. The molecule has 0 bridgehead atoms. The second-order valence-corrected chi connectivity index (χ2v) is 8.30. The Morgan fingerprint density at radius 2 is 2.03 bits per heavy atom. The van der Waals surface area contributed by atoms with E-state index in [4.69, 9.17) is 4.74 Å². The largest absolute Gasteiger partial charge is 0.494 e. The van der Waals surface area contributed by atoms with Crippen LogP contribution >= 0.6 is 0 Å². The van der Waals surface area contributed by atoms with Gasteiger partial charge in [-0.1, -0.05) is 19.3 Å². The number of benzene rings is 1. The number of hydrogen-bond acceptors (Lipinski definition) is 4. The van der Waals surface area contributed by atoms with Crippen LogP contribution in [-0.2, 0) is 16.0 Å². The number of fused-ring (bicyclic) bond motifs is 1. The van der Waals surface area contributed by atoms with Crippen LogP contribution in [0.5, 0.6) is 5.75 Å². The predicted molar refractivity (Wildman–Crippen MR) is 115 cm³/mol. The number of aryl methyl sites for hydroxylation is 1. The molecule has 0 spiro atoms. The van der Waals surface area contributed by atoms with Crippen molar-refractivity contribution >= 4 is 17.5 Å². The minimum atomic E-state index is 0.0674. The summed E-state index contributed by atoms with van der Waals surface area (Å²) in [7, 11) is 2.21. The van der Waals surface area contributed by atoms with Crippen molar-refractivity contribution in [2.24, 2.45) is 0 Å². The Kier molecular flexibility index (Phi) is 8.35. The molecule has 2 N–H and O–H groups in total. The molecule has 1 heterocycles. The molecular weight excluding hydrogens is 366 g/mol. The Morgan fingerprint density at radius 3 is 2.86 bits per heavy atom. The van der Waals surface area contributed by atoms with Crippen LogP contribution in [0.15, 0.2) is 18.2 Å². The summed E-state index contributed by atoms with van der Waals surface area (Å²) in [6.07, 6.45) is 10.2. The number of anilines is 1. The molecule has 6 nitrogen and oxygen atoms in total. The molecule has 2 aliphatic rings. The number of rotatable bonds is 10. The third-order valence-corrected chi connectivity index (χ3v) is 6.00. The van der Waals surface area contributed by atoms with Gasteiger partial charge in [-0.05, 0) is 69.5 Å². The molecule has 160 valence electrons. The van der Waals surface area contributed by atoms with Crippen molar-refractivity contribution < 1.29 is 14.3 Å². The van der Waals surface area contributed by atoms with E-state index in [1.807, 2.05) is 18.2 Å². The van der Waals surface area contributed by atoms with E-state index in [0.717, 1.165) is 49.0 Å². The summed E-state index contributed by atoms with van der Waals surface area (Å²) in [5.41, 5.74) is 1.99. The summed E-state index contributed by atoms with van der Waals surface area (Å²) >= 11 is 0. The number of carbonyl (C=O) groups excluding carboxylic acids is 2. The molecule has 1 aromatic rings. The predicted octanol–water partition coefficient (Wildman–Crippen LogP) is 3.50. The maximum Gasteiger partial charge on any atom is 0.224 e. The van der Waals surface area contributed by atoms with Gasteiger partial charge in [0.2, 0.25) is 11.8 Å². The molecule has 0 saturated heterocycles. The van der Waals surface area contributed by atoms with Gasteiger partial charge in [0.25, 0.3) is 0 Å². The molecular formula is C23H35N3O3. The summed E-state index contributed by atoms with van der Waals surface area (Å²) in [6, 6.07) is 6.47. The van der Waals surface area contributed by atoms with Crippen molar-refractivity contribution in [1.29, 1.82) is 0 Å². The molecule has 1 fully saturated rings. The summed E-state index contributed by atoms with van der Waals surface area (Å²) < 4.78 is 5.77. The van der Waals surface area contributed by atoms with Crippen molar-refractivity contribution in [3.05, 3.63) is 23.8 Å². The van der Waals surface area contributed by atoms with Crippen molar-refractivity contribution in [2.75, 3.05) is 32.1 Å². The van der Waals surface area contributed by atoms with Gasteiger partial charge in [0.1, 0.15) is 5.75 Å². The quantitative estimate of drug-likeness (QED) is 0.589. The third-order valence-electron chi connectivity index (χ3n) is 6.00. The fourth-order valence-corrected chi connectivity index (χ4v) is 4.22. The standard InChI is InChI=1S/C23H35N3O3/c1-26(19-7-3-2-4-8-19)15-6-14-24-22(27)9-5-16-29-20-11-12-21-18(17-20)10-13-23(28)25-21/h11-12,17,19H,2-10,13-16H2,1H3,(H,24,27)(H,25,28). The molecule has 1 aliphatic carbocycles. The smallest absolute Gasteiger partial charge is 0.224 e. The molecule has 1 aromatic carbocycles. The van der Waals surface area contributed by atoms with Gasteiger partial charge < -0.3 is 20.3 Å². The van der Waals surface area contributed by atoms with Gasteiger partial charge in [-0.15, -0.1) is 0 Å². The summed E-state index contributed by atoms with van der Waals surface area (Å²) in [5.74, 6) is 0.964. The number of nitrogens with zero attached hydrogens (tertiary/aromatic N) is 1. The Morgan fingerprint density at radius 1 is 1.21 bits per heavy atom. The minimum absolute atomic E-state index is 0.0674. The van der Waals surface area contributed by atoms with Gasteiger partial charge in [-0.3, -0.25) is 9.59 Å². The second kappa shape index (κ2) is 11.2. The number of amides is 2. The zero-order chi connectivity index (χ0) is 20.5. The van der Waals surface area contributed by atoms with E-state index < -0.39 is 0 Å². The molecule has 1 aliphatic heterocycles. The fourth-order valence-electron chi connectivity index (χ4n) is 4.22. The zero-order valence-corrected chi connectivity index (χ0v) is 17.7. The van der Waals surface area contributed by atoms with Crippen LogP contribution in [0.25, 0.3) is 0 Å². The third kappa shape index (κ3) is 7.03. The first-order chi connectivity index (χ1) is 14.1. The van der Waals surface area contributed by atoms with E-state index in [1.54, 1.807) is 0 Å². The van der Waals surface area contributed by atoms with Crippen LogP contribution in [0.4, 0.5) is 5.69 Å². The number of nitrogens with one attached hydrogen (secondary N) is 2. The van der Waals surface area contributed by atoms with E-state index in [9.17, 15) is 9.59 Å². The first kappa shape index (κ1) is 21.6. The van der Waals surface area contributed by atoms with E-state index in [1.165, 1.54) is 32.1 Å². The van der Waals surface area contributed by atoms with Crippen molar-refractivity contribution in [2.45, 2.75) is 70.3 Å². The maximum atomic E-state index is 12.0. The zero-order valence-electron chi connectivity index (χ0n) is 17.7. The van der Waals surface area contributed by atoms with Crippen LogP contribution in [0.2, 0.25) is 0 Å². The minimum Gasteiger partial charge on any atom is -0.494 e. The Balaban J connectivity index is 1.24. The van der Waals surface area contributed by atoms with Gasteiger partial charge >= 0.3 is 0 Å². The Bertz CT molecular complexity index is 686. The molecule has 0 radical (unpaired) electrons. The van der Waals surface area contributed by atoms with Gasteiger partial charge in [-0.2, -0.15) is 0 Å². The number of carbonyl (C=O) groups is 2. The normalized spacial score (nSPS) is 17.0. The van der Waals surface area contributed by atoms with E-state index in [-0.39, 0.29) is 11.8 Å². The molecule has 2 amide bonds. The van der Waals surface area contributed by atoms with Crippen LogP contribution in [-0.4, -0.2) is 49.5 Å². The van der Waals surface area contributed by atoms with Crippen LogP contribution < -0.4 is 15.4 Å². The monoisotopic (exact) mass is 401 g/mol. The molecule has 0 aromatic heterocycles. The molecule has 0 atom stereocenters. The lowest BCUT2D eigenvalue weighted by Crippen LogP contribution is -2.35. The van der Waals surface area contributed by atoms with Gasteiger partial charge in [0, 0.05) is 31.1 Å². The van der Waals surface area contributed by atoms with Crippen molar-refractivity contribution in [3.63, 3.8) is 0 Å². The topological polar surface area (TPSA) is 70.7 Å². The van der Waals surface area contributed by atoms with Crippen molar-refractivity contribution in [3.8, 4) is 5.75 Å². The number of ether oxygens (including phenoxy) is 1. The van der Waals surface area contributed by atoms with E-state index in [0.29, 0.717) is 25.9 Å². The Labute approximate surface area is 174 Å². The second-order valence-electron chi connectivity index (χ2n) is 8.30.